The highest BCUT2D eigenvalue weighted by molar-refractivity contribution is 7.87. The molecule has 1 aromatic heterocycles. The fourth-order valence-electron chi connectivity index (χ4n) is 4.28. The van der Waals surface area contributed by atoms with Gasteiger partial charge in [0.25, 0.3) is 10.2 Å². The fourth-order valence-corrected chi connectivity index (χ4v) is 5.70. The molecule has 0 aliphatic carbocycles. The number of rotatable bonds is 1. The molecule has 0 amide bonds. The highest BCUT2D eigenvalue weighted by Gasteiger charge is 2.29. The van der Waals surface area contributed by atoms with E-state index in [0.29, 0.717) is 55.7 Å². The predicted molar refractivity (Wildman–Crippen MR) is 138 cm³/mol. The summed E-state index contributed by atoms with van der Waals surface area (Å²) in [7, 11) is -3.55. The minimum absolute atomic E-state index is 0.224. The minimum atomic E-state index is -3.55. The molecule has 190 valence electrons. The van der Waals surface area contributed by atoms with Gasteiger partial charge in [0.1, 0.15) is 5.69 Å². The van der Waals surface area contributed by atoms with Crippen LogP contribution in [0.15, 0.2) is 46.9 Å². The number of nitrogens with zero attached hydrogens (tertiary/aromatic N) is 4. The van der Waals surface area contributed by atoms with Gasteiger partial charge in [-0.3, -0.25) is 4.79 Å². The maximum absolute atomic E-state index is 13.4. The molecule has 9 nitrogen and oxygen atoms in total. The number of hydrogen-bond donors (Lipinski definition) is 1. The first-order chi connectivity index (χ1) is 16.8. The van der Waals surface area contributed by atoms with E-state index in [1.165, 1.54) is 14.6 Å². The number of fused-ring (bicyclic) bond motifs is 12. The molecule has 1 N–H and O–H groups in total. The van der Waals surface area contributed by atoms with Crippen LogP contribution in [0.1, 0.15) is 39.0 Å². The first-order valence-corrected chi connectivity index (χ1v) is 13.8. The Bertz CT molecular complexity index is 1220. The zero-order valence-corrected chi connectivity index (χ0v) is 21.5. The maximum atomic E-state index is 13.4. The second-order valence-electron chi connectivity index (χ2n) is 8.84. The smallest absolute Gasteiger partial charge is 0.316 e. The fraction of sp³-hybridized carbons (Fsp3) is 0.500. The molecule has 35 heavy (non-hydrogen) atoms. The molecule has 1 aromatic carbocycles. The van der Waals surface area contributed by atoms with Crippen LogP contribution >= 0.6 is 11.6 Å². The Hall–Kier alpha value is -2.40. The molecular formula is C24H32ClN5O4S. The van der Waals surface area contributed by atoms with Gasteiger partial charge in [-0.1, -0.05) is 29.3 Å². The van der Waals surface area contributed by atoms with Gasteiger partial charge < -0.3 is 9.64 Å². The molecule has 11 heteroatoms. The van der Waals surface area contributed by atoms with E-state index >= 15 is 0 Å². The number of allylic oxidation sites excluding steroid dienone is 2. The van der Waals surface area contributed by atoms with Gasteiger partial charge in [0.2, 0.25) is 5.75 Å². The summed E-state index contributed by atoms with van der Waals surface area (Å²) >= 11 is 6.13. The van der Waals surface area contributed by atoms with E-state index in [0.717, 1.165) is 32.1 Å². The standard InChI is InChI=1S/C24H32ClN5O4S/c1-19-7-3-2-4-16-34-23-22(18-26-30(24(23)31)21-10-5-9-20(25)17-21)28-12-14-29(15-13-28)35(32,33)27-11-6-8-19/h5,7,9-10,17-18,27H,2-4,6,8,11-16H2,1H3. The average molecular weight is 522 g/mol. The summed E-state index contributed by atoms with van der Waals surface area (Å²) in [5, 5.41) is 4.88. The molecule has 2 bridgehead atoms. The molecule has 0 unspecified atom stereocenters. The minimum Gasteiger partial charge on any atom is -0.486 e. The lowest BCUT2D eigenvalue weighted by Gasteiger charge is -2.35. The van der Waals surface area contributed by atoms with Crippen molar-refractivity contribution in [3.63, 3.8) is 0 Å². The van der Waals surface area contributed by atoms with Crippen LogP contribution in [0.5, 0.6) is 5.75 Å². The molecular weight excluding hydrogens is 490 g/mol. The van der Waals surface area contributed by atoms with E-state index in [4.69, 9.17) is 16.3 Å². The lowest BCUT2D eigenvalue weighted by Crippen LogP contribution is -2.52. The summed E-state index contributed by atoms with van der Waals surface area (Å²) in [5.41, 5.74) is 2.01. The zero-order chi connectivity index (χ0) is 24.8. The topological polar surface area (TPSA) is 96.8 Å². The van der Waals surface area contributed by atoms with Crippen molar-refractivity contribution >= 4 is 27.5 Å². The third kappa shape index (κ3) is 6.43. The third-order valence-electron chi connectivity index (χ3n) is 6.26. The van der Waals surface area contributed by atoms with Crippen LogP contribution in [0, 0.1) is 0 Å². The summed E-state index contributed by atoms with van der Waals surface area (Å²) in [4.78, 5) is 15.4. The highest BCUT2D eigenvalue weighted by Crippen LogP contribution is 2.26. The third-order valence-corrected chi connectivity index (χ3v) is 8.11. The number of anilines is 1. The van der Waals surface area contributed by atoms with Gasteiger partial charge in [0.15, 0.2) is 0 Å². The molecule has 1 saturated heterocycles. The van der Waals surface area contributed by atoms with Gasteiger partial charge in [-0.05, 0) is 57.2 Å². The molecule has 5 rings (SSSR count). The van der Waals surface area contributed by atoms with Gasteiger partial charge in [0.05, 0.1) is 18.5 Å². The van der Waals surface area contributed by atoms with Crippen molar-refractivity contribution in [1.29, 1.82) is 0 Å². The Morgan fingerprint density at radius 3 is 2.69 bits per heavy atom. The number of piperazine rings is 1. The molecule has 3 aliphatic rings. The Balaban J connectivity index is 1.64. The van der Waals surface area contributed by atoms with Gasteiger partial charge in [-0.25, -0.2) is 4.72 Å². The summed E-state index contributed by atoms with van der Waals surface area (Å²) in [6, 6.07) is 6.94. The van der Waals surface area contributed by atoms with E-state index in [2.05, 4.69) is 22.8 Å². The zero-order valence-electron chi connectivity index (χ0n) is 20.0. The Labute approximate surface area is 211 Å². The molecule has 4 heterocycles. The van der Waals surface area contributed by atoms with Gasteiger partial charge in [0, 0.05) is 37.7 Å². The van der Waals surface area contributed by atoms with Crippen molar-refractivity contribution in [3.05, 3.63) is 57.5 Å². The van der Waals surface area contributed by atoms with Crippen LogP contribution in [0.25, 0.3) is 5.69 Å². The second kappa shape index (κ2) is 11.6. The van der Waals surface area contributed by atoms with Crippen LogP contribution in [0.4, 0.5) is 5.69 Å². The lowest BCUT2D eigenvalue weighted by atomic mass is 10.1. The van der Waals surface area contributed by atoms with Gasteiger partial charge in [-0.15, -0.1) is 0 Å². The van der Waals surface area contributed by atoms with Crippen molar-refractivity contribution in [2.75, 3.05) is 44.2 Å². The molecule has 0 saturated carbocycles. The van der Waals surface area contributed by atoms with Gasteiger partial charge >= 0.3 is 5.56 Å². The van der Waals surface area contributed by atoms with Crippen LogP contribution in [-0.4, -0.2) is 61.8 Å². The normalized spacial score (nSPS) is 20.3. The average Bonchev–Trinajstić information content (AvgIpc) is 2.84. The maximum Gasteiger partial charge on any atom is 0.316 e. The summed E-state index contributed by atoms with van der Waals surface area (Å²) in [6.45, 7) is 4.38. The van der Waals surface area contributed by atoms with Crippen molar-refractivity contribution in [3.8, 4) is 11.4 Å². The van der Waals surface area contributed by atoms with Crippen LogP contribution in [-0.2, 0) is 10.2 Å². The molecule has 0 atom stereocenters. The first-order valence-electron chi connectivity index (χ1n) is 12.0. The Morgan fingerprint density at radius 2 is 1.91 bits per heavy atom. The Kier molecular flexibility index (Phi) is 8.48. The van der Waals surface area contributed by atoms with Crippen molar-refractivity contribution < 1.29 is 13.2 Å². The lowest BCUT2D eigenvalue weighted by molar-refractivity contribution is 0.299. The van der Waals surface area contributed by atoms with Crippen LogP contribution in [0.2, 0.25) is 5.02 Å². The number of ether oxygens (including phenoxy) is 1. The molecule has 2 aromatic rings. The number of aromatic nitrogens is 2. The van der Waals surface area contributed by atoms with E-state index in [1.54, 1.807) is 30.5 Å². The summed E-state index contributed by atoms with van der Waals surface area (Å²) < 4.78 is 37.0. The van der Waals surface area contributed by atoms with Gasteiger partial charge in [-0.2, -0.15) is 22.5 Å². The quantitative estimate of drug-likeness (QED) is 0.579. The van der Waals surface area contributed by atoms with E-state index in [9.17, 15) is 13.2 Å². The first kappa shape index (κ1) is 25.7. The van der Waals surface area contributed by atoms with E-state index in [1.807, 2.05) is 4.90 Å². The molecule has 3 aliphatic heterocycles. The summed E-state index contributed by atoms with van der Waals surface area (Å²) in [5.74, 6) is 0.224. The highest BCUT2D eigenvalue weighted by atomic mass is 35.5. The monoisotopic (exact) mass is 521 g/mol. The van der Waals surface area contributed by atoms with Crippen LogP contribution in [0.3, 0.4) is 0 Å². The number of hydrogen-bond acceptors (Lipinski definition) is 6. The van der Waals surface area contributed by atoms with Crippen molar-refractivity contribution in [2.24, 2.45) is 0 Å². The van der Waals surface area contributed by atoms with E-state index in [-0.39, 0.29) is 11.3 Å². The molecule has 1 fully saturated rings. The molecule has 0 radical (unpaired) electrons. The van der Waals surface area contributed by atoms with Crippen LogP contribution < -0.4 is 19.9 Å². The Morgan fingerprint density at radius 1 is 1.11 bits per heavy atom. The number of benzene rings is 1. The second-order valence-corrected chi connectivity index (χ2v) is 11.0. The largest absolute Gasteiger partial charge is 0.486 e. The molecule has 0 spiro atoms. The van der Waals surface area contributed by atoms with E-state index < -0.39 is 10.2 Å². The van der Waals surface area contributed by atoms with Crippen molar-refractivity contribution in [2.45, 2.75) is 39.0 Å². The number of halogens is 1. The summed E-state index contributed by atoms with van der Waals surface area (Å²) in [6.07, 6.45) is 8.10. The predicted octanol–water partition coefficient (Wildman–Crippen LogP) is 3.13. The SMILES string of the molecule is CC1=CCCCCOc2c(cnn(-c3cccc(Cl)c3)c2=O)N2CCN(CC2)S(=O)(=O)NCCC1. The number of nitrogens with one attached hydrogen (secondary N) is 1. The van der Waals surface area contributed by atoms with Crippen molar-refractivity contribution in [1.82, 2.24) is 18.8 Å².